The van der Waals surface area contributed by atoms with E-state index in [1.54, 1.807) is 0 Å². The van der Waals surface area contributed by atoms with Crippen LogP contribution in [0.1, 0.15) is 154 Å². The summed E-state index contributed by atoms with van der Waals surface area (Å²) < 4.78 is 4.72. The zero-order chi connectivity index (χ0) is 95.2. The Labute approximate surface area is 796 Å². The first-order valence-corrected chi connectivity index (χ1v) is 50.0. The van der Waals surface area contributed by atoms with E-state index in [1.165, 1.54) is 119 Å². The molecule has 0 amide bonds. The summed E-state index contributed by atoms with van der Waals surface area (Å²) in [7, 11) is -5.41. The van der Waals surface area contributed by atoms with Gasteiger partial charge in [-0.1, -0.05) is 443 Å². The molecule has 10 heteroatoms. The van der Waals surface area contributed by atoms with Gasteiger partial charge in [-0.3, -0.25) is 0 Å². The van der Waals surface area contributed by atoms with Gasteiger partial charge in [-0.15, -0.1) is 0 Å². The van der Waals surface area contributed by atoms with Crippen LogP contribution in [0.25, 0.3) is 76.6 Å². The molecule has 8 nitrogen and oxygen atoms in total. The van der Waals surface area contributed by atoms with Crippen LogP contribution in [0.2, 0.25) is 0 Å². The number of fused-ring (bicyclic) bond motifs is 2. The van der Waals surface area contributed by atoms with Crippen LogP contribution in [0.5, 0.6) is 0 Å². The van der Waals surface area contributed by atoms with Gasteiger partial charge in [-0.2, -0.15) is 10.5 Å². The molecule has 18 rings (SSSR count). The Morgan fingerprint density at radius 2 is 0.604 bits per heavy atom. The fourth-order valence-corrected chi connectivity index (χ4v) is 26.8. The zero-order valence-corrected chi connectivity index (χ0v) is 82.3. The fourth-order valence-electron chi connectivity index (χ4n) is 17.4. The third-order valence-electron chi connectivity index (χ3n) is 24.9. The molecule has 18 aromatic rings. The number of aromatic nitrogens is 4. The van der Waals surface area contributed by atoms with E-state index in [-0.39, 0.29) is 27.1 Å². The van der Waals surface area contributed by atoms with Crippen molar-refractivity contribution >= 4 is 90.8 Å². The third kappa shape index (κ3) is 21.4. The van der Waals surface area contributed by atoms with Crippen molar-refractivity contribution in [3.8, 4) is 57.3 Å². The maximum Gasteiger partial charge on any atom is 0.187 e. The standard InChI is InChI=1S/2C31H28N2Si.C24H23N.C20H20N2.C18H19N/c1-23-6-14-27(15-7-23)34(28-16-8-24(22-32)9-17-28,30-20-12-26(33-5)13-21-30)29-18-10-25(11-19-29)31(2,3)4;1-23-9-15-27(16-10-23)34(28-17-11-24(22-32)12-18-28,29-19-13-26(33-5)14-20-29)30-8-6-7-25(21-30)31(2,3)4;1-24(2,3)20-15-13-18(14-16-20)23-17-19-9-7-8-12-22(19)25(23)21-10-5-4-6-11-21;1-20(2,3)19-21-17(15-10-6-4-7-11-15)14-18(22-19)16-12-8-5-9-13-16;1-18(2,3)17-13-14-9-7-8-12-16(14)19(17)15-10-5-4-6-11-15/h2*6-21H,1-4H3;4-17H,1-3H3;4-14H,1-3H3;4-13H,1-3H3. The van der Waals surface area contributed by atoms with Crippen molar-refractivity contribution in [2.75, 3.05) is 0 Å². The maximum absolute atomic E-state index is 9.43. The lowest BCUT2D eigenvalue weighted by molar-refractivity contribution is 0.547. The van der Waals surface area contributed by atoms with Crippen molar-refractivity contribution in [2.24, 2.45) is 0 Å². The van der Waals surface area contributed by atoms with Crippen molar-refractivity contribution in [3.05, 3.63) is 480 Å². The number of hydrogen-bond acceptors (Lipinski definition) is 4. The summed E-state index contributed by atoms with van der Waals surface area (Å²) in [6.45, 7) is 52.5. The fraction of sp³-hybridized carbons (Fsp3) is 0.177. The molecule has 15 aromatic carbocycles. The second-order valence-corrected chi connectivity index (χ2v) is 47.2. The van der Waals surface area contributed by atoms with Gasteiger partial charge in [0.15, 0.2) is 27.5 Å². The molecule has 0 radical (unpaired) electrons. The monoisotopic (exact) mass is 1770 g/mol. The summed E-state index contributed by atoms with van der Waals surface area (Å²) >= 11 is 0. The van der Waals surface area contributed by atoms with Gasteiger partial charge in [-0.05, 0) is 173 Å². The Morgan fingerprint density at radius 1 is 0.276 bits per heavy atom. The van der Waals surface area contributed by atoms with Gasteiger partial charge in [0.2, 0.25) is 0 Å². The number of aryl methyl sites for hydroxylation is 2. The van der Waals surface area contributed by atoms with E-state index in [0.29, 0.717) is 22.5 Å². The molecular weight excluding hydrogens is 1660 g/mol. The second-order valence-electron chi connectivity index (χ2n) is 39.6. The Kier molecular flexibility index (Phi) is 28.8. The molecule has 0 spiro atoms. The highest BCUT2D eigenvalue weighted by molar-refractivity contribution is 7.20. The molecule has 0 N–H and O–H groups in total. The van der Waals surface area contributed by atoms with Gasteiger partial charge >= 0.3 is 0 Å². The Balaban J connectivity index is 0.000000137. The van der Waals surface area contributed by atoms with Crippen LogP contribution in [0.3, 0.4) is 0 Å². The van der Waals surface area contributed by atoms with Crippen LogP contribution in [-0.4, -0.2) is 35.2 Å². The summed E-state index contributed by atoms with van der Waals surface area (Å²) in [5.41, 5.74) is 22.2. The van der Waals surface area contributed by atoms with Crippen LogP contribution < -0.4 is 41.5 Å². The van der Waals surface area contributed by atoms with Crippen LogP contribution in [0, 0.1) is 49.7 Å². The number of hydrogen-bond donors (Lipinski definition) is 0. The van der Waals surface area contributed by atoms with Gasteiger partial charge in [-0.25, -0.2) is 19.7 Å². The molecule has 0 bridgehead atoms. The summed E-state index contributed by atoms with van der Waals surface area (Å²) in [6.07, 6.45) is 0. The molecule has 0 aliphatic carbocycles. The molecule has 134 heavy (non-hydrogen) atoms. The van der Waals surface area contributed by atoms with Gasteiger partial charge in [0, 0.05) is 49.8 Å². The maximum atomic E-state index is 9.43. The first-order valence-electron chi connectivity index (χ1n) is 46.0. The van der Waals surface area contributed by atoms with E-state index < -0.39 is 16.1 Å². The zero-order valence-electron chi connectivity index (χ0n) is 80.3. The normalized spacial score (nSPS) is 12.3. The molecule has 2 unspecified atom stereocenters. The Bertz CT molecular complexity index is 7030. The minimum atomic E-state index is -2.72. The molecule has 0 aliphatic heterocycles. The highest BCUT2D eigenvalue weighted by atomic mass is 28.3. The molecule has 662 valence electrons. The number of nitriles is 2. The molecule has 0 saturated carbocycles. The number of para-hydroxylation sites is 4. The molecule has 0 fully saturated rings. The lowest BCUT2D eigenvalue weighted by Gasteiger charge is -2.35. The van der Waals surface area contributed by atoms with Crippen molar-refractivity contribution in [2.45, 2.75) is 145 Å². The molecule has 3 heterocycles. The van der Waals surface area contributed by atoms with Gasteiger partial charge < -0.3 is 9.13 Å². The number of benzene rings is 15. The van der Waals surface area contributed by atoms with Crippen LogP contribution in [-0.2, 0) is 27.1 Å². The van der Waals surface area contributed by atoms with E-state index in [9.17, 15) is 10.5 Å². The van der Waals surface area contributed by atoms with Gasteiger partial charge in [0.1, 0.15) is 5.82 Å². The highest BCUT2D eigenvalue weighted by Gasteiger charge is 2.44. The van der Waals surface area contributed by atoms with Gasteiger partial charge in [0.05, 0.1) is 64.5 Å². The number of rotatable bonds is 13. The SMILES string of the molecule is CC(C)(C)c1cc2ccccc2n1-c1ccccc1.CC(C)(C)c1ccc(-c2cc3ccccc3n2-c2ccccc2)cc1.CC(C)(C)c1nc(-c2ccccc2)cc(-c2ccccc2)n1.[C-]#[N+]c1ccc([Si](c2ccc(C)cc2)(c2ccc(C#N)cc2)c2ccc(C(C)(C)C)cc2)cc1.[C-]#[N+]c1ccc([Si](c2ccc(C)cc2)(c2ccc(C#N)cc2)c2cccc(C(C)(C)C)c2)cc1. The summed E-state index contributed by atoms with van der Waals surface area (Å²) in [5.74, 6) is 0.868. The largest absolute Gasteiger partial charge is 0.313 e. The van der Waals surface area contributed by atoms with E-state index >= 15 is 0 Å². The lowest BCUT2D eigenvalue weighted by atomic mass is 9.86. The van der Waals surface area contributed by atoms with E-state index in [0.717, 1.165) is 28.3 Å². The average Bonchev–Trinajstić information content (AvgIpc) is 0.860. The predicted octanol–water partition coefficient (Wildman–Crippen LogP) is 26.8. The molecule has 0 aliphatic rings. The minimum Gasteiger partial charge on any atom is -0.313 e. The third-order valence-corrected chi connectivity index (χ3v) is 34.4. The second kappa shape index (κ2) is 40.7. The van der Waals surface area contributed by atoms with Crippen LogP contribution >= 0.6 is 0 Å². The summed E-state index contributed by atoms with van der Waals surface area (Å²) in [6, 6.07) is 147. The first-order chi connectivity index (χ1) is 64.2. The van der Waals surface area contributed by atoms with Crippen molar-refractivity contribution < 1.29 is 0 Å². The molecule has 0 saturated heterocycles. The van der Waals surface area contributed by atoms with Crippen molar-refractivity contribution in [1.29, 1.82) is 10.5 Å². The number of nitrogens with zero attached hydrogens (tertiary/aromatic N) is 8. The van der Waals surface area contributed by atoms with Crippen LogP contribution in [0.4, 0.5) is 11.4 Å². The lowest BCUT2D eigenvalue weighted by Crippen LogP contribution is -2.74. The van der Waals surface area contributed by atoms with E-state index in [2.05, 4.69) is 470 Å². The topological polar surface area (TPSA) is 91.9 Å². The first kappa shape index (κ1) is 95.0. The van der Waals surface area contributed by atoms with E-state index in [4.69, 9.17) is 23.1 Å². The molecular formula is C124H118N8Si2. The minimum absolute atomic E-state index is 0.0159. The summed E-state index contributed by atoms with van der Waals surface area (Å²) in [4.78, 5) is 16.8. The summed E-state index contributed by atoms with van der Waals surface area (Å²) in [5, 5.41) is 31.4. The Hall–Kier alpha value is -15.1. The van der Waals surface area contributed by atoms with Crippen molar-refractivity contribution in [1.82, 2.24) is 19.1 Å². The van der Waals surface area contributed by atoms with E-state index in [1.807, 2.05) is 84.9 Å². The van der Waals surface area contributed by atoms with Crippen LogP contribution in [0.15, 0.2) is 406 Å². The molecule has 2 atom stereocenters. The van der Waals surface area contributed by atoms with Crippen molar-refractivity contribution in [3.63, 3.8) is 0 Å². The smallest absolute Gasteiger partial charge is 0.187 e. The average molecular weight is 1780 g/mol. The highest BCUT2D eigenvalue weighted by Crippen LogP contribution is 2.37. The quantitative estimate of drug-likeness (QED) is 0.0653. The molecule has 3 aromatic heterocycles. The van der Waals surface area contributed by atoms with Gasteiger partial charge in [0.25, 0.3) is 0 Å². The predicted molar refractivity (Wildman–Crippen MR) is 570 cm³/mol. The Morgan fingerprint density at radius 3 is 0.978 bits per heavy atom.